The Labute approximate surface area is 163 Å². The Morgan fingerprint density at radius 2 is 1.86 bits per heavy atom. The van der Waals surface area contributed by atoms with Crippen molar-refractivity contribution in [2.45, 2.75) is 11.4 Å². The minimum Gasteiger partial charge on any atom is -0.496 e. The zero-order chi connectivity index (χ0) is 20.1. The average Bonchev–Trinajstić information content (AvgIpc) is 2.68. The zero-order valence-electron chi connectivity index (χ0n) is 15.4. The maximum absolute atomic E-state index is 13.0. The minimum atomic E-state index is -4.10. The van der Waals surface area contributed by atoms with E-state index in [1.165, 1.54) is 13.2 Å². The Hall–Kier alpha value is -2.49. The number of morpholine rings is 1. The summed E-state index contributed by atoms with van der Waals surface area (Å²) >= 11 is 0. The molecule has 1 saturated heterocycles. The first kappa shape index (κ1) is 20.2. The number of carbonyl (C=O) groups is 1. The number of methoxy groups -OCH3 is 1. The molecule has 1 N–H and O–H groups in total. The van der Waals surface area contributed by atoms with Crippen molar-refractivity contribution >= 4 is 15.9 Å². The standard InChI is InChI=1S/C19H21FN2O5S/c1-26-18-7-2-14(12-15(18)13-22-8-10-27-11-9-22)19(23)21-28(24,25)17-5-3-16(20)4-6-17/h2-7,12H,8-11,13H2,1H3,(H,21,23). The predicted molar refractivity (Wildman–Crippen MR) is 100 cm³/mol. The quantitative estimate of drug-likeness (QED) is 0.785. The number of hydrogen-bond donors (Lipinski definition) is 1. The van der Waals surface area contributed by atoms with Crippen LogP contribution < -0.4 is 9.46 Å². The third-order valence-corrected chi connectivity index (χ3v) is 5.74. The van der Waals surface area contributed by atoms with Crippen molar-refractivity contribution in [3.05, 3.63) is 59.4 Å². The summed E-state index contributed by atoms with van der Waals surface area (Å²) < 4.78 is 50.4. The van der Waals surface area contributed by atoms with Gasteiger partial charge in [-0.05, 0) is 42.5 Å². The first-order valence-corrected chi connectivity index (χ1v) is 10.2. The smallest absolute Gasteiger partial charge is 0.265 e. The molecular weight excluding hydrogens is 387 g/mol. The second-order valence-electron chi connectivity index (χ2n) is 6.30. The Balaban J connectivity index is 1.79. The number of ether oxygens (including phenoxy) is 2. The van der Waals surface area contributed by atoms with Crippen molar-refractivity contribution in [3.8, 4) is 5.75 Å². The van der Waals surface area contributed by atoms with Crippen LogP contribution in [0.1, 0.15) is 15.9 Å². The summed E-state index contributed by atoms with van der Waals surface area (Å²) in [4.78, 5) is 14.5. The summed E-state index contributed by atoms with van der Waals surface area (Å²) in [6.45, 7) is 3.35. The molecule has 0 saturated carbocycles. The van der Waals surface area contributed by atoms with Crippen LogP contribution in [0.3, 0.4) is 0 Å². The lowest BCUT2D eigenvalue weighted by Gasteiger charge is -2.27. The van der Waals surface area contributed by atoms with E-state index < -0.39 is 21.7 Å². The highest BCUT2D eigenvalue weighted by Gasteiger charge is 2.20. The van der Waals surface area contributed by atoms with E-state index >= 15 is 0 Å². The number of sulfonamides is 1. The number of hydrogen-bond acceptors (Lipinski definition) is 6. The fourth-order valence-electron chi connectivity index (χ4n) is 2.90. The van der Waals surface area contributed by atoms with Gasteiger partial charge in [-0.3, -0.25) is 9.69 Å². The van der Waals surface area contributed by atoms with Gasteiger partial charge in [-0.15, -0.1) is 0 Å². The monoisotopic (exact) mass is 408 g/mol. The molecule has 0 unspecified atom stereocenters. The van der Waals surface area contributed by atoms with Crippen molar-refractivity contribution in [2.75, 3.05) is 33.4 Å². The van der Waals surface area contributed by atoms with E-state index in [9.17, 15) is 17.6 Å². The summed E-state index contributed by atoms with van der Waals surface area (Å²) in [5, 5.41) is 0. The molecule has 0 bridgehead atoms. The summed E-state index contributed by atoms with van der Waals surface area (Å²) in [7, 11) is -2.57. The molecule has 7 nitrogen and oxygen atoms in total. The fourth-order valence-corrected chi connectivity index (χ4v) is 3.87. The van der Waals surface area contributed by atoms with Gasteiger partial charge in [0.1, 0.15) is 11.6 Å². The first-order chi connectivity index (χ1) is 13.4. The Bertz CT molecular complexity index is 941. The van der Waals surface area contributed by atoms with E-state index in [1.807, 2.05) is 4.72 Å². The van der Waals surface area contributed by atoms with E-state index in [0.717, 1.165) is 42.9 Å². The lowest BCUT2D eigenvalue weighted by Crippen LogP contribution is -2.36. The van der Waals surface area contributed by atoms with Crippen LogP contribution in [0, 0.1) is 5.82 Å². The molecule has 1 amide bonds. The van der Waals surface area contributed by atoms with Crippen molar-refractivity contribution in [2.24, 2.45) is 0 Å². The van der Waals surface area contributed by atoms with Gasteiger partial charge >= 0.3 is 0 Å². The van der Waals surface area contributed by atoms with E-state index in [0.29, 0.717) is 25.5 Å². The molecule has 9 heteroatoms. The normalized spacial score (nSPS) is 15.2. The van der Waals surface area contributed by atoms with Crippen molar-refractivity contribution in [1.29, 1.82) is 0 Å². The molecule has 1 heterocycles. The maximum atomic E-state index is 13.0. The van der Waals surface area contributed by atoms with Gasteiger partial charge in [-0.2, -0.15) is 0 Å². The molecule has 0 atom stereocenters. The topological polar surface area (TPSA) is 84.9 Å². The molecule has 150 valence electrons. The molecule has 1 aliphatic rings. The van der Waals surface area contributed by atoms with Crippen LogP contribution in [0.2, 0.25) is 0 Å². The number of nitrogens with zero attached hydrogens (tertiary/aromatic N) is 1. The lowest BCUT2D eigenvalue weighted by molar-refractivity contribution is 0.0338. The SMILES string of the molecule is COc1ccc(C(=O)NS(=O)(=O)c2ccc(F)cc2)cc1CN1CCOCC1. The van der Waals surface area contributed by atoms with Gasteiger partial charge in [-0.25, -0.2) is 17.5 Å². The van der Waals surface area contributed by atoms with Gasteiger partial charge in [-0.1, -0.05) is 0 Å². The number of halogens is 1. The third-order valence-electron chi connectivity index (χ3n) is 4.39. The predicted octanol–water partition coefficient (Wildman–Crippen LogP) is 1.79. The molecule has 0 aliphatic carbocycles. The first-order valence-electron chi connectivity index (χ1n) is 8.69. The molecule has 3 rings (SSSR count). The maximum Gasteiger partial charge on any atom is 0.265 e. The van der Waals surface area contributed by atoms with Gasteiger partial charge in [0, 0.05) is 30.8 Å². The molecule has 0 radical (unpaired) electrons. The molecular formula is C19H21FN2O5S. The van der Waals surface area contributed by atoms with E-state index in [-0.39, 0.29) is 10.5 Å². The van der Waals surface area contributed by atoms with Crippen LogP contribution in [0.4, 0.5) is 4.39 Å². The van der Waals surface area contributed by atoms with E-state index in [1.54, 1.807) is 12.1 Å². The van der Waals surface area contributed by atoms with Gasteiger partial charge in [0.05, 0.1) is 25.2 Å². The van der Waals surface area contributed by atoms with Crippen molar-refractivity contribution in [1.82, 2.24) is 9.62 Å². The van der Waals surface area contributed by atoms with Crippen LogP contribution >= 0.6 is 0 Å². The Morgan fingerprint density at radius 1 is 1.18 bits per heavy atom. The Morgan fingerprint density at radius 3 is 2.50 bits per heavy atom. The lowest BCUT2D eigenvalue weighted by atomic mass is 10.1. The molecule has 2 aromatic rings. The summed E-state index contributed by atoms with van der Waals surface area (Å²) in [6, 6.07) is 8.99. The molecule has 0 spiro atoms. The highest BCUT2D eigenvalue weighted by atomic mass is 32.2. The largest absolute Gasteiger partial charge is 0.496 e. The molecule has 0 aromatic heterocycles. The van der Waals surface area contributed by atoms with Gasteiger partial charge < -0.3 is 9.47 Å². The Kier molecular flexibility index (Phi) is 6.28. The second kappa shape index (κ2) is 8.68. The van der Waals surface area contributed by atoms with Crippen LogP contribution in [0.15, 0.2) is 47.4 Å². The summed E-state index contributed by atoms with van der Waals surface area (Å²) in [6.07, 6.45) is 0. The van der Waals surface area contributed by atoms with Gasteiger partial charge in [0.25, 0.3) is 15.9 Å². The number of nitrogens with one attached hydrogen (secondary N) is 1. The molecule has 2 aromatic carbocycles. The number of rotatable bonds is 6. The fraction of sp³-hybridized carbons (Fsp3) is 0.316. The van der Waals surface area contributed by atoms with E-state index in [4.69, 9.17) is 9.47 Å². The van der Waals surface area contributed by atoms with Gasteiger partial charge in [0.2, 0.25) is 0 Å². The third kappa shape index (κ3) is 4.86. The van der Waals surface area contributed by atoms with Gasteiger partial charge in [0.15, 0.2) is 0 Å². The molecule has 28 heavy (non-hydrogen) atoms. The minimum absolute atomic E-state index is 0.190. The van der Waals surface area contributed by atoms with Crippen molar-refractivity contribution < 1.29 is 27.1 Å². The number of amides is 1. The van der Waals surface area contributed by atoms with Crippen molar-refractivity contribution in [3.63, 3.8) is 0 Å². The number of carbonyl (C=O) groups excluding carboxylic acids is 1. The van der Waals surface area contributed by atoms with Crippen LogP contribution in [0.5, 0.6) is 5.75 Å². The highest BCUT2D eigenvalue weighted by molar-refractivity contribution is 7.90. The van der Waals surface area contributed by atoms with E-state index in [2.05, 4.69) is 4.90 Å². The average molecular weight is 408 g/mol. The molecule has 1 aliphatic heterocycles. The van der Waals surface area contributed by atoms with Crippen LogP contribution in [0.25, 0.3) is 0 Å². The summed E-state index contributed by atoms with van der Waals surface area (Å²) in [5.74, 6) is -0.715. The summed E-state index contributed by atoms with van der Waals surface area (Å²) in [5.41, 5.74) is 0.964. The van der Waals surface area contributed by atoms with Crippen LogP contribution in [-0.2, 0) is 21.3 Å². The second-order valence-corrected chi connectivity index (χ2v) is 7.99. The number of benzene rings is 2. The van der Waals surface area contributed by atoms with Crippen LogP contribution in [-0.4, -0.2) is 52.6 Å². The zero-order valence-corrected chi connectivity index (χ0v) is 16.2. The highest BCUT2D eigenvalue weighted by Crippen LogP contribution is 2.22. The molecule has 1 fully saturated rings.